The van der Waals surface area contributed by atoms with Gasteiger partial charge < -0.3 is 15.0 Å². The fraction of sp³-hybridized carbons (Fsp3) is 0.214. The zero-order valence-electron chi connectivity index (χ0n) is 10.0. The van der Waals surface area contributed by atoms with E-state index in [1.165, 1.54) is 0 Å². The third-order valence-electron chi connectivity index (χ3n) is 2.71. The Balaban J connectivity index is 2.28. The van der Waals surface area contributed by atoms with Gasteiger partial charge in [-0.25, -0.2) is 0 Å². The molecule has 1 heterocycles. The van der Waals surface area contributed by atoms with E-state index in [1.54, 1.807) is 6.07 Å². The molecule has 0 aliphatic rings. The highest BCUT2D eigenvalue weighted by atomic mass is 16.3. The number of nitrogens with zero attached hydrogens (tertiary/aromatic N) is 2. The highest BCUT2D eigenvalue weighted by molar-refractivity contribution is 5.49. The molecule has 2 rings (SSSR count). The van der Waals surface area contributed by atoms with E-state index in [0.717, 1.165) is 11.4 Å². The molecule has 4 heteroatoms. The van der Waals surface area contributed by atoms with Gasteiger partial charge in [-0.15, -0.1) is 0 Å². The van der Waals surface area contributed by atoms with Crippen molar-refractivity contribution in [3.63, 3.8) is 0 Å². The van der Waals surface area contributed by atoms with E-state index in [1.807, 2.05) is 41.1 Å². The predicted molar refractivity (Wildman–Crippen MR) is 69.3 cm³/mol. The first-order valence-electron chi connectivity index (χ1n) is 5.84. The van der Waals surface area contributed by atoms with E-state index in [2.05, 4.69) is 11.4 Å². The number of aromatic nitrogens is 1. The van der Waals surface area contributed by atoms with Gasteiger partial charge in [0.1, 0.15) is 6.07 Å². The summed E-state index contributed by atoms with van der Waals surface area (Å²) >= 11 is 0. The molecule has 2 aromatic rings. The van der Waals surface area contributed by atoms with E-state index >= 15 is 0 Å². The van der Waals surface area contributed by atoms with Gasteiger partial charge in [0.25, 0.3) is 0 Å². The van der Waals surface area contributed by atoms with Crippen LogP contribution in [0.4, 0.5) is 0 Å². The maximum Gasteiger partial charge on any atom is 0.101 e. The third kappa shape index (κ3) is 2.59. The number of para-hydroxylation sites is 1. The summed E-state index contributed by atoms with van der Waals surface area (Å²) < 4.78 is 1.99. The molecule has 18 heavy (non-hydrogen) atoms. The van der Waals surface area contributed by atoms with Crippen molar-refractivity contribution >= 4 is 0 Å². The molecule has 0 radical (unpaired) electrons. The Hall–Kier alpha value is -2.09. The molecule has 1 aromatic heterocycles. The quantitative estimate of drug-likeness (QED) is 0.778. The molecule has 0 saturated carbocycles. The van der Waals surface area contributed by atoms with Gasteiger partial charge in [-0.3, -0.25) is 0 Å². The third-order valence-corrected chi connectivity index (χ3v) is 2.71. The van der Waals surface area contributed by atoms with Gasteiger partial charge in [0, 0.05) is 25.0 Å². The first-order valence-corrected chi connectivity index (χ1v) is 5.84. The van der Waals surface area contributed by atoms with Crippen LogP contribution < -0.4 is 5.32 Å². The lowest BCUT2D eigenvalue weighted by molar-refractivity contribution is 0.291. The summed E-state index contributed by atoms with van der Waals surface area (Å²) in [7, 11) is 0. The highest BCUT2D eigenvalue weighted by Crippen LogP contribution is 2.16. The summed E-state index contributed by atoms with van der Waals surface area (Å²) in [5.41, 5.74) is 2.59. The lowest BCUT2D eigenvalue weighted by atomic mass is 10.2. The van der Waals surface area contributed by atoms with Crippen LogP contribution in [0, 0.1) is 11.3 Å². The van der Waals surface area contributed by atoms with Crippen molar-refractivity contribution in [3.8, 4) is 11.8 Å². The lowest BCUT2D eigenvalue weighted by Gasteiger charge is -2.11. The average molecular weight is 241 g/mol. The molecule has 0 aliphatic heterocycles. The summed E-state index contributed by atoms with van der Waals surface area (Å²) in [5.74, 6) is 0. The van der Waals surface area contributed by atoms with Crippen molar-refractivity contribution in [2.45, 2.75) is 6.54 Å². The van der Waals surface area contributed by atoms with Crippen LogP contribution in [0.2, 0.25) is 0 Å². The average Bonchev–Trinajstić information content (AvgIpc) is 2.87. The van der Waals surface area contributed by atoms with Crippen molar-refractivity contribution < 1.29 is 5.11 Å². The van der Waals surface area contributed by atoms with Crippen molar-refractivity contribution in [3.05, 3.63) is 53.9 Å². The van der Waals surface area contributed by atoms with Gasteiger partial charge in [0.2, 0.25) is 0 Å². The van der Waals surface area contributed by atoms with Crippen molar-refractivity contribution in [1.82, 2.24) is 9.88 Å². The molecule has 0 unspecified atom stereocenters. The Bertz CT molecular complexity index is 554. The summed E-state index contributed by atoms with van der Waals surface area (Å²) in [5, 5.41) is 21.0. The molecule has 0 bridgehead atoms. The Labute approximate surface area is 106 Å². The second-order valence-electron chi connectivity index (χ2n) is 3.90. The molecular formula is C14H15N3O. The maximum atomic E-state index is 9.11. The summed E-state index contributed by atoms with van der Waals surface area (Å²) in [6.07, 6.45) is 1.94. The molecule has 4 nitrogen and oxygen atoms in total. The van der Waals surface area contributed by atoms with Crippen LogP contribution in [-0.2, 0) is 6.54 Å². The molecular weight excluding hydrogens is 226 g/mol. The fourth-order valence-corrected chi connectivity index (χ4v) is 1.87. The number of hydrogen-bond acceptors (Lipinski definition) is 3. The SMILES string of the molecule is N#Cc1ccccc1-n1cccc1CNCCO. The first-order chi connectivity index (χ1) is 8.86. The van der Waals surface area contributed by atoms with Gasteiger partial charge >= 0.3 is 0 Å². The molecule has 0 saturated heterocycles. The Kier molecular flexibility index (Phi) is 4.13. The number of rotatable bonds is 5. The highest BCUT2D eigenvalue weighted by Gasteiger charge is 2.06. The zero-order valence-corrected chi connectivity index (χ0v) is 10.0. The Morgan fingerprint density at radius 1 is 1.22 bits per heavy atom. The molecule has 0 aliphatic carbocycles. The molecule has 0 fully saturated rings. The molecule has 92 valence electrons. The van der Waals surface area contributed by atoms with Gasteiger partial charge in [0.15, 0.2) is 0 Å². The number of nitrogens with one attached hydrogen (secondary N) is 1. The normalized spacial score (nSPS) is 10.2. The Morgan fingerprint density at radius 3 is 2.83 bits per heavy atom. The molecule has 2 N–H and O–H groups in total. The number of aliphatic hydroxyl groups is 1. The number of benzene rings is 1. The number of aliphatic hydroxyl groups excluding tert-OH is 1. The second-order valence-corrected chi connectivity index (χ2v) is 3.90. The monoisotopic (exact) mass is 241 g/mol. The van der Waals surface area contributed by atoms with Crippen molar-refractivity contribution in [2.75, 3.05) is 13.2 Å². The van der Waals surface area contributed by atoms with Crippen LogP contribution in [0.15, 0.2) is 42.6 Å². The van der Waals surface area contributed by atoms with Gasteiger partial charge in [-0.05, 0) is 24.3 Å². The van der Waals surface area contributed by atoms with Crippen LogP contribution in [0.5, 0.6) is 0 Å². The van der Waals surface area contributed by atoms with Gasteiger partial charge in [-0.2, -0.15) is 5.26 Å². The van der Waals surface area contributed by atoms with E-state index < -0.39 is 0 Å². The van der Waals surface area contributed by atoms with Crippen molar-refractivity contribution in [2.24, 2.45) is 0 Å². The summed E-state index contributed by atoms with van der Waals surface area (Å²) in [6, 6.07) is 13.6. The number of nitriles is 1. The first kappa shape index (κ1) is 12.4. The largest absolute Gasteiger partial charge is 0.395 e. The smallest absolute Gasteiger partial charge is 0.101 e. The minimum Gasteiger partial charge on any atom is -0.395 e. The molecule has 0 atom stereocenters. The minimum absolute atomic E-state index is 0.121. The van der Waals surface area contributed by atoms with Gasteiger partial charge in [0.05, 0.1) is 17.9 Å². The zero-order chi connectivity index (χ0) is 12.8. The maximum absolute atomic E-state index is 9.11. The van der Waals surface area contributed by atoms with Crippen LogP contribution in [0.25, 0.3) is 5.69 Å². The topological polar surface area (TPSA) is 61.0 Å². The van der Waals surface area contributed by atoms with Gasteiger partial charge in [-0.1, -0.05) is 12.1 Å². The predicted octanol–water partition coefficient (Wildman–Crippen LogP) is 1.43. The Morgan fingerprint density at radius 2 is 2.06 bits per heavy atom. The molecule has 0 amide bonds. The van der Waals surface area contributed by atoms with Crippen LogP contribution >= 0.6 is 0 Å². The van der Waals surface area contributed by atoms with Crippen LogP contribution in [-0.4, -0.2) is 22.8 Å². The van der Waals surface area contributed by atoms with E-state index in [9.17, 15) is 0 Å². The minimum atomic E-state index is 0.121. The van der Waals surface area contributed by atoms with Crippen LogP contribution in [0.1, 0.15) is 11.3 Å². The summed E-state index contributed by atoms with van der Waals surface area (Å²) in [4.78, 5) is 0. The summed E-state index contributed by atoms with van der Waals surface area (Å²) in [6.45, 7) is 1.34. The van der Waals surface area contributed by atoms with Crippen molar-refractivity contribution in [1.29, 1.82) is 5.26 Å². The van der Waals surface area contributed by atoms with Crippen LogP contribution in [0.3, 0.4) is 0 Å². The standard InChI is InChI=1S/C14H15N3O/c15-10-12-4-1-2-6-14(12)17-8-3-5-13(17)11-16-7-9-18/h1-6,8,16,18H,7,9,11H2. The number of hydrogen-bond donors (Lipinski definition) is 2. The van der Waals surface area contributed by atoms with E-state index in [-0.39, 0.29) is 6.61 Å². The second kappa shape index (κ2) is 6.01. The lowest BCUT2D eigenvalue weighted by Crippen LogP contribution is -2.19. The van der Waals surface area contributed by atoms with E-state index in [4.69, 9.17) is 10.4 Å². The van der Waals surface area contributed by atoms with E-state index in [0.29, 0.717) is 18.7 Å². The molecule has 1 aromatic carbocycles. The fourth-order valence-electron chi connectivity index (χ4n) is 1.87. The molecule has 0 spiro atoms.